The molecule has 2 aromatic carbocycles. The smallest absolute Gasteiger partial charge is 0.265 e. The number of aromatic nitrogens is 2. The molecule has 0 radical (unpaired) electrons. The maximum atomic E-state index is 13.4. The van der Waals surface area contributed by atoms with Gasteiger partial charge in [-0.2, -0.15) is 35.7 Å². The molecule has 1 saturated heterocycles. The van der Waals surface area contributed by atoms with E-state index in [1.165, 1.54) is 12.1 Å². The first-order chi connectivity index (χ1) is 18.0. The molecule has 2 fully saturated rings. The van der Waals surface area contributed by atoms with Crippen molar-refractivity contribution in [2.45, 2.75) is 50.9 Å². The summed E-state index contributed by atoms with van der Waals surface area (Å²) in [5.41, 5.74) is 4.70. The van der Waals surface area contributed by atoms with Gasteiger partial charge < -0.3 is 0 Å². The number of hydrogen-bond donors (Lipinski definition) is 1. The number of nitrogens with one attached hydrogen (secondary N) is 1. The maximum absolute atomic E-state index is 13.4. The van der Waals surface area contributed by atoms with Crippen molar-refractivity contribution in [2.75, 3.05) is 13.1 Å². The summed E-state index contributed by atoms with van der Waals surface area (Å²) in [6.07, 6.45) is -1.87. The van der Waals surface area contributed by atoms with Crippen LogP contribution in [0.4, 0.5) is 17.6 Å². The molecule has 1 aliphatic heterocycles. The zero-order valence-electron chi connectivity index (χ0n) is 20.8. The predicted molar refractivity (Wildman–Crippen MR) is 135 cm³/mol. The van der Waals surface area contributed by atoms with E-state index in [9.17, 15) is 26.0 Å². The third-order valence-electron chi connectivity index (χ3n) is 8.43. The lowest BCUT2D eigenvalue weighted by molar-refractivity contribution is -0.136. The third kappa shape index (κ3) is 4.34. The van der Waals surface area contributed by atoms with E-state index in [0.29, 0.717) is 23.7 Å². The van der Waals surface area contributed by atoms with Crippen LogP contribution in [0, 0.1) is 17.7 Å². The van der Waals surface area contributed by atoms with E-state index in [0.717, 1.165) is 46.5 Å². The lowest BCUT2D eigenvalue weighted by Gasteiger charge is -2.33. The molecule has 3 atom stereocenters. The van der Waals surface area contributed by atoms with Gasteiger partial charge in [0.05, 0.1) is 16.9 Å². The molecule has 2 heterocycles. The standard InChI is InChI=1S/C27H28F4N4O2S/c1-2-35-25(17-5-9-23(28)10-6-17)14-24(32-35)19-4-3-18-12-21-7-8-22(13-20(18)11-19)26(21)15-34(16-27(29,30)31)38(36,37)33-26/h3-6,9-11,14,21-22,33H,2,7-8,12-13,15-16H2,1H3/t21-,22+,26+/m0/s1. The van der Waals surface area contributed by atoms with E-state index >= 15 is 0 Å². The molecule has 6 nitrogen and oxygen atoms in total. The molecule has 38 heavy (non-hydrogen) atoms. The second kappa shape index (κ2) is 8.89. The van der Waals surface area contributed by atoms with Crippen LogP contribution in [-0.4, -0.2) is 47.3 Å². The van der Waals surface area contributed by atoms with Crippen LogP contribution in [0.5, 0.6) is 0 Å². The highest BCUT2D eigenvalue weighted by molar-refractivity contribution is 7.87. The molecule has 2 aliphatic carbocycles. The summed E-state index contributed by atoms with van der Waals surface area (Å²) in [4.78, 5) is 0. The molecule has 1 saturated carbocycles. The Hall–Kier alpha value is -2.76. The lowest BCUT2D eigenvalue weighted by atomic mass is 9.79. The number of benzene rings is 2. The minimum Gasteiger partial charge on any atom is -0.265 e. The molecule has 1 aromatic heterocycles. The van der Waals surface area contributed by atoms with Crippen LogP contribution in [-0.2, 0) is 29.6 Å². The summed E-state index contributed by atoms with van der Waals surface area (Å²) < 4.78 is 83.5. The molecule has 3 aromatic rings. The molecule has 2 bridgehead atoms. The summed E-state index contributed by atoms with van der Waals surface area (Å²) in [5, 5.41) is 4.77. The van der Waals surface area contributed by atoms with Crippen molar-refractivity contribution in [3.63, 3.8) is 0 Å². The average Bonchev–Trinajstić information content (AvgIpc) is 3.45. The van der Waals surface area contributed by atoms with Crippen molar-refractivity contribution in [2.24, 2.45) is 11.8 Å². The SMILES string of the molecule is CCn1nc(-c2ccc3c(c2)C[C@H]2CC[C@@H](C3)[C@]23CN(CC(F)(F)F)S(=O)(=O)N3)cc1-c1ccc(F)cc1. The second-order valence-corrected chi connectivity index (χ2v) is 12.3. The molecular weight excluding hydrogens is 520 g/mol. The fourth-order valence-electron chi connectivity index (χ4n) is 6.66. The van der Waals surface area contributed by atoms with Crippen molar-refractivity contribution in [1.82, 2.24) is 18.8 Å². The Labute approximate surface area is 218 Å². The topological polar surface area (TPSA) is 67.2 Å². The molecule has 3 aliphatic rings. The van der Waals surface area contributed by atoms with Crippen LogP contribution < -0.4 is 4.72 Å². The van der Waals surface area contributed by atoms with Crippen molar-refractivity contribution in [3.8, 4) is 22.5 Å². The van der Waals surface area contributed by atoms with Crippen molar-refractivity contribution < 1.29 is 26.0 Å². The highest BCUT2D eigenvalue weighted by atomic mass is 32.2. The van der Waals surface area contributed by atoms with Crippen LogP contribution in [0.3, 0.4) is 0 Å². The zero-order valence-corrected chi connectivity index (χ0v) is 21.6. The Bertz CT molecular complexity index is 1490. The number of alkyl halides is 3. The molecule has 1 spiro atoms. The number of nitrogens with zero attached hydrogens (tertiary/aromatic N) is 3. The normalized spacial score (nSPS) is 26.6. The fraction of sp³-hybridized carbons (Fsp3) is 0.444. The van der Waals surface area contributed by atoms with Crippen LogP contribution in [0.25, 0.3) is 22.5 Å². The Balaban J connectivity index is 1.32. The molecule has 1 N–H and O–H groups in total. The highest BCUT2D eigenvalue weighted by Crippen LogP contribution is 2.51. The van der Waals surface area contributed by atoms with Crippen LogP contribution in [0.15, 0.2) is 48.5 Å². The van der Waals surface area contributed by atoms with E-state index in [1.807, 2.05) is 29.8 Å². The summed E-state index contributed by atoms with van der Waals surface area (Å²) in [7, 11) is -4.22. The first-order valence-electron chi connectivity index (χ1n) is 12.8. The van der Waals surface area contributed by atoms with Gasteiger partial charge in [0.15, 0.2) is 0 Å². The Morgan fingerprint density at radius 2 is 1.66 bits per heavy atom. The van der Waals surface area contributed by atoms with Crippen molar-refractivity contribution in [3.05, 3.63) is 65.5 Å². The highest BCUT2D eigenvalue weighted by Gasteiger charge is 2.60. The van der Waals surface area contributed by atoms with Crippen LogP contribution in [0.2, 0.25) is 0 Å². The molecular formula is C27H28F4N4O2S. The molecule has 6 rings (SSSR count). The van der Waals surface area contributed by atoms with Gasteiger partial charge in [0.25, 0.3) is 10.2 Å². The van der Waals surface area contributed by atoms with Gasteiger partial charge in [0.1, 0.15) is 12.4 Å². The third-order valence-corrected chi connectivity index (χ3v) is 10.0. The van der Waals surface area contributed by atoms with E-state index in [1.54, 1.807) is 12.1 Å². The van der Waals surface area contributed by atoms with E-state index in [-0.39, 0.29) is 24.2 Å². The number of rotatable bonds is 4. The summed E-state index contributed by atoms with van der Waals surface area (Å²) in [5.74, 6) is -0.475. The van der Waals surface area contributed by atoms with Crippen LogP contribution >= 0.6 is 0 Å². The Kier molecular flexibility index (Phi) is 5.97. The van der Waals surface area contributed by atoms with Gasteiger partial charge in [-0.3, -0.25) is 4.68 Å². The maximum Gasteiger partial charge on any atom is 0.402 e. The van der Waals surface area contributed by atoms with Gasteiger partial charge in [-0.15, -0.1) is 0 Å². The van der Waals surface area contributed by atoms with E-state index in [2.05, 4.69) is 10.8 Å². The van der Waals surface area contributed by atoms with Gasteiger partial charge in [-0.25, -0.2) is 4.39 Å². The average molecular weight is 549 g/mol. The second-order valence-electron chi connectivity index (χ2n) is 10.6. The molecule has 202 valence electrons. The summed E-state index contributed by atoms with van der Waals surface area (Å²) >= 11 is 0. The van der Waals surface area contributed by atoms with E-state index in [4.69, 9.17) is 5.10 Å². The molecule has 0 amide bonds. The molecule has 11 heteroatoms. The van der Waals surface area contributed by atoms with Gasteiger partial charge >= 0.3 is 6.18 Å². The zero-order chi connectivity index (χ0) is 26.9. The fourth-order valence-corrected chi connectivity index (χ4v) is 8.36. The van der Waals surface area contributed by atoms with Gasteiger partial charge in [0, 0.05) is 24.2 Å². The molecule has 0 unspecified atom stereocenters. The number of halogens is 4. The van der Waals surface area contributed by atoms with Crippen molar-refractivity contribution >= 4 is 10.2 Å². The Morgan fingerprint density at radius 3 is 2.32 bits per heavy atom. The number of fused-ring (bicyclic) bond motifs is 1. The van der Waals surface area contributed by atoms with Gasteiger partial charge in [-0.1, -0.05) is 12.1 Å². The minimum atomic E-state index is -4.60. The monoisotopic (exact) mass is 548 g/mol. The van der Waals surface area contributed by atoms with E-state index < -0.39 is 28.5 Å². The lowest BCUT2D eigenvalue weighted by Crippen LogP contribution is -2.52. The van der Waals surface area contributed by atoms with Gasteiger partial charge in [-0.05, 0) is 92.0 Å². The predicted octanol–water partition coefficient (Wildman–Crippen LogP) is 4.95. The first kappa shape index (κ1) is 25.5. The first-order valence-corrected chi connectivity index (χ1v) is 14.2. The summed E-state index contributed by atoms with van der Waals surface area (Å²) in [6, 6.07) is 14.4. The van der Waals surface area contributed by atoms with Crippen molar-refractivity contribution in [1.29, 1.82) is 0 Å². The Morgan fingerprint density at radius 1 is 1.00 bits per heavy atom. The van der Waals surface area contributed by atoms with Gasteiger partial charge in [0.2, 0.25) is 0 Å². The number of hydrogen-bond acceptors (Lipinski definition) is 3. The largest absolute Gasteiger partial charge is 0.402 e. The quantitative estimate of drug-likeness (QED) is 0.469. The number of aryl methyl sites for hydroxylation is 1. The minimum absolute atomic E-state index is 0.0722. The summed E-state index contributed by atoms with van der Waals surface area (Å²) in [6.45, 7) is 0.990. The van der Waals surface area contributed by atoms with Crippen LogP contribution in [0.1, 0.15) is 30.9 Å².